The van der Waals surface area contributed by atoms with Crippen LogP contribution in [0.2, 0.25) is 5.02 Å². The van der Waals surface area contributed by atoms with Crippen LogP contribution < -0.4 is 10.5 Å². The molecule has 1 atom stereocenters. The van der Waals surface area contributed by atoms with Crippen molar-refractivity contribution in [2.75, 3.05) is 7.11 Å². The smallest absolute Gasteiger partial charge is 0.125 e. The monoisotopic (exact) mass is 279 g/mol. The van der Waals surface area contributed by atoms with Crippen LogP contribution in [-0.4, -0.2) is 16.9 Å². The molecule has 1 aromatic carbocycles. The minimum Gasteiger partial charge on any atom is -0.496 e. The van der Waals surface area contributed by atoms with Gasteiger partial charge in [0.25, 0.3) is 0 Å². The lowest BCUT2D eigenvalue weighted by Crippen LogP contribution is -2.13. The second-order valence-electron chi connectivity index (χ2n) is 4.58. The standard InChI is InChI=1S/C14H18ClN3O/c1-8(16)13-11(6-5-7-12(13)19-4)18-10(3)14(15)9(2)17-18/h5-8H,16H2,1-4H3. The third-order valence-corrected chi connectivity index (χ3v) is 3.70. The summed E-state index contributed by atoms with van der Waals surface area (Å²) in [6.07, 6.45) is 0. The quantitative estimate of drug-likeness (QED) is 0.939. The van der Waals surface area contributed by atoms with Crippen molar-refractivity contribution in [2.45, 2.75) is 26.8 Å². The van der Waals surface area contributed by atoms with Gasteiger partial charge in [0.05, 0.1) is 29.2 Å². The third-order valence-electron chi connectivity index (χ3n) is 3.15. The lowest BCUT2D eigenvalue weighted by atomic mass is 10.1. The zero-order valence-corrected chi connectivity index (χ0v) is 12.3. The number of aromatic nitrogens is 2. The molecule has 0 bridgehead atoms. The van der Waals surface area contributed by atoms with E-state index in [4.69, 9.17) is 22.1 Å². The second-order valence-corrected chi connectivity index (χ2v) is 4.96. The number of methoxy groups -OCH3 is 1. The van der Waals surface area contributed by atoms with E-state index in [1.165, 1.54) is 0 Å². The maximum atomic E-state index is 6.21. The summed E-state index contributed by atoms with van der Waals surface area (Å²) in [6.45, 7) is 5.75. The van der Waals surface area contributed by atoms with E-state index in [1.54, 1.807) is 7.11 Å². The Morgan fingerprint density at radius 1 is 1.37 bits per heavy atom. The van der Waals surface area contributed by atoms with Gasteiger partial charge in [-0.1, -0.05) is 17.7 Å². The number of rotatable bonds is 3. The van der Waals surface area contributed by atoms with E-state index in [2.05, 4.69) is 5.10 Å². The molecule has 1 heterocycles. The number of nitrogens with zero attached hydrogens (tertiary/aromatic N) is 2. The van der Waals surface area contributed by atoms with E-state index in [9.17, 15) is 0 Å². The first kappa shape index (κ1) is 13.9. The Bertz CT molecular complexity index is 605. The maximum absolute atomic E-state index is 6.21. The van der Waals surface area contributed by atoms with Gasteiger partial charge in [0, 0.05) is 11.6 Å². The Hall–Kier alpha value is -1.52. The molecule has 0 amide bonds. The van der Waals surface area contributed by atoms with Gasteiger partial charge < -0.3 is 10.5 Å². The van der Waals surface area contributed by atoms with Crippen molar-refractivity contribution in [3.63, 3.8) is 0 Å². The molecule has 0 fully saturated rings. The summed E-state index contributed by atoms with van der Waals surface area (Å²) in [7, 11) is 1.64. The molecule has 5 heteroatoms. The highest BCUT2D eigenvalue weighted by Gasteiger charge is 2.18. The van der Waals surface area contributed by atoms with Crippen molar-refractivity contribution in [3.05, 3.63) is 40.2 Å². The summed E-state index contributed by atoms with van der Waals surface area (Å²) in [5, 5.41) is 5.15. The molecule has 19 heavy (non-hydrogen) atoms. The van der Waals surface area contributed by atoms with Crippen molar-refractivity contribution in [3.8, 4) is 11.4 Å². The first-order valence-corrected chi connectivity index (χ1v) is 6.49. The second kappa shape index (κ2) is 5.23. The molecule has 0 aliphatic rings. The minimum absolute atomic E-state index is 0.158. The molecule has 0 spiro atoms. The van der Waals surface area contributed by atoms with E-state index >= 15 is 0 Å². The minimum atomic E-state index is -0.158. The van der Waals surface area contributed by atoms with E-state index in [0.29, 0.717) is 5.02 Å². The lowest BCUT2D eigenvalue weighted by molar-refractivity contribution is 0.406. The molecule has 2 rings (SSSR count). The van der Waals surface area contributed by atoms with Gasteiger partial charge in [-0.25, -0.2) is 4.68 Å². The molecule has 0 aliphatic heterocycles. The average Bonchev–Trinajstić information content (AvgIpc) is 2.65. The van der Waals surface area contributed by atoms with E-state index < -0.39 is 0 Å². The van der Waals surface area contributed by atoms with Crippen LogP contribution in [0.25, 0.3) is 5.69 Å². The zero-order valence-electron chi connectivity index (χ0n) is 11.6. The molecule has 4 nitrogen and oxygen atoms in total. The summed E-state index contributed by atoms with van der Waals surface area (Å²) in [5.74, 6) is 0.760. The molecule has 0 radical (unpaired) electrons. The van der Waals surface area contributed by atoms with Crippen molar-refractivity contribution in [1.82, 2.24) is 9.78 Å². The van der Waals surface area contributed by atoms with Gasteiger partial charge >= 0.3 is 0 Å². The number of nitrogens with two attached hydrogens (primary N) is 1. The Kier molecular flexibility index (Phi) is 3.83. The first-order chi connectivity index (χ1) is 8.97. The summed E-state index contributed by atoms with van der Waals surface area (Å²) < 4.78 is 7.21. The van der Waals surface area contributed by atoms with Crippen LogP contribution in [0.3, 0.4) is 0 Å². The third kappa shape index (κ3) is 2.33. The van der Waals surface area contributed by atoms with Crippen molar-refractivity contribution in [2.24, 2.45) is 5.73 Å². The Labute approximate surface area is 118 Å². The Morgan fingerprint density at radius 3 is 2.53 bits per heavy atom. The van der Waals surface area contributed by atoms with E-state index in [1.807, 2.05) is 43.7 Å². The topological polar surface area (TPSA) is 53.1 Å². The number of hydrogen-bond acceptors (Lipinski definition) is 3. The lowest BCUT2D eigenvalue weighted by Gasteiger charge is -2.17. The molecule has 2 N–H and O–H groups in total. The largest absolute Gasteiger partial charge is 0.496 e. The molecule has 0 saturated carbocycles. The molecule has 0 aliphatic carbocycles. The van der Waals surface area contributed by atoms with Crippen LogP contribution >= 0.6 is 11.6 Å². The Morgan fingerprint density at radius 2 is 2.05 bits per heavy atom. The number of hydrogen-bond donors (Lipinski definition) is 1. The SMILES string of the molecule is COc1cccc(-n2nc(C)c(Cl)c2C)c1C(C)N. The summed E-state index contributed by atoms with van der Waals surface area (Å²) in [6, 6.07) is 5.63. The molecular formula is C14H18ClN3O. The highest BCUT2D eigenvalue weighted by atomic mass is 35.5. The summed E-state index contributed by atoms with van der Waals surface area (Å²) >= 11 is 6.21. The van der Waals surface area contributed by atoms with Gasteiger partial charge in [-0.3, -0.25) is 0 Å². The number of aryl methyl sites for hydroxylation is 1. The Balaban J connectivity index is 2.71. The number of benzene rings is 1. The van der Waals surface area contributed by atoms with Gasteiger partial charge in [0.2, 0.25) is 0 Å². The predicted molar refractivity (Wildman–Crippen MR) is 77.2 cm³/mol. The molecule has 0 saturated heterocycles. The fraction of sp³-hybridized carbons (Fsp3) is 0.357. The molecule has 1 aromatic heterocycles. The molecule has 1 unspecified atom stereocenters. The normalized spacial score (nSPS) is 12.5. The van der Waals surface area contributed by atoms with Crippen molar-refractivity contribution >= 4 is 11.6 Å². The summed E-state index contributed by atoms with van der Waals surface area (Å²) in [4.78, 5) is 0. The highest BCUT2D eigenvalue weighted by molar-refractivity contribution is 6.31. The molecular weight excluding hydrogens is 262 g/mol. The van der Waals surface area contributed by atoms with E-state index in [0.717, 1.165) is 28.4 Å². The molecule has 102 valence electrons. The fourth-order valence-corrected chi connectivity index (χ4v) is 2.33. The van der Waals surface area contributed by atoms with Gasteiger partial charge in [-0.05, 0) is 32.9 Å². The number of halogens is 1. The molecule has 2 aromatic rings. The van der Waals surface area contributed by atoms with Crippen LogP contribution in [0, 0.1) is 13.8 Å². The average molecular weight is 280 g/mol. The van der Waals surface area contributed by atoms with Gasteiger partial charge in [0.15, 0.2) is 0 Å². The van der Waals surface area contributed by atoms with Gasteiger partial charge in [-0.2, -0.15) is 5.10 Å². The maximum Gasteiger partial charge on any atom is 0.125 e. The fourth-order valence-electron chi connectivity index (χ4n) is 2.21. The van der Waals surface area contributed by atoms with Crippen LogP contribution in [-0.2, 0) is 0 Å². The van der Waals surface area contributed by atoms with Crippen LogP contribution in [0.15, 0.2) is 18.2 Å². The predicted octanol–water partition coefficient (Wildman–Crippen LogP) is 3.17. The first-order valence-electron chi connectivity index (χ1n) is 6.12. The highest BCUT2D eigenvalue weighted by Crippen LogP contribution is 2.32. The van der Waals surface area contributed by atoms with Crippen LogP contribution in [0.4, 0.5) is 0 Å². The van der Waals surface area contributed by atoms with E-state index in [-0.39, 0.29) is 6.04 Å². The van der Waals surface area contributed by atoms with Crippen molar-refractivity contribution < 1.29 is 4.74 Å². The summed E-state index contributed by atoms with van der Waals surface area (Å²) in [5.41, 5.74) is 9.60. The van der Waals surface area contributed by atoms with Crippen LogP contribution in [0.5, 0.6) is 5.75 Å². The van der Waals surface area contributed by atoms with Crippen molar-refractivity contribution in [1.29, 1.82) is 0 Å². The van der Waals surface area contributed by atoms with Gasteiger partial charge in [-0.15, -0.1) is 0 Å². The zero-order chi connectivity index (χ0) is 14.2. The van der Waals surface area contributed by atoms with Crippen LogP contribution in [0.1, 0.15) is 29.9 Å². The number of ether oxygens (including phenoxy) is 1. The van der Waals surface area contributed by atoms with Gasteiger partial charge in [0.1, 0.15) is 5.75 Å².